The van der Waals surface area contributed by atoms with Crippen molar-refractivity contribution in [3.8, 4) is 0 Å². The van der Waals surface area contributed by atoms with Gasteiger partial charge in [-0.25, -0.2) is 4.39 Å². The number of aliphatic hydroxyl groups excluding tert-OH is 2. The molecule has 1 aromatic rings. The topological polar surface area (TPSA) is 66.5 Å². The molecule has 0 spiro atoms. The monoisotopic (exact) mass is 233 g/mol. The standard InChI is InChI=1S/C10H13ClFNO2/c1-5-2-8(13)7(12)3-6(5)10(15)9(14)4-11/h2-3,9-10,14-15H,4,13H2,1H3. The highest BCUT2D eigenvalue weighted by molar-refractivity contribution is 6.18. The van der Waals surface area contributed by atoms with E-state index in [0.29, 0.717) is 11.1 Å². The van der Waals surface area contributed by atoms with Crippen LogP contribution >= 0.6 is 11.6 Å². The van der Waals surface area contributed by atoms with Crippen LogP contribution in [0.2, 0.25) is 0 Å². The Bertz CT molecular complexity index is 360. The Morgan fingerprint density at radius 2 is 2.07 bits per heavy atom. The highest BCUT2D eigenvalue weighted by atomic mass is 35.5. The maximum absolute atomic E-state index is 13.1. The minimum absolute atomic E-state index is 0.0174. The van der Waals surface area contributed by atoms with E-state index in [0.717, 1.165) is 6.07 Å². The fourth-order valence-electron chi connectivity index (χ4n) is 1.33. The summed E-state index contributed by atoms with van der Waals surface area (Å²) in [5.41, 5.74) is 6.29. The summed E-state index contributed by atoms with van der Waals surface area (Å²) >= 11 is 5.39. The first-order chi connectivity index (χ1) is 6.97. The van der Waals surface area contributed by atoms with E-state index in [9.17, 15) is 14.6 Å². The molecule has 0 fully saturated rings. The van der Waals surface area contributed by atoms with Gasteiger partial charge in [0.1, 0.15) is 11.9 Å². The van der Waals surface area contributed by atoms with Crippen LogP contribution in [0.1, 0.15) is 17.2 Å². The van der Waals surface area contributed by atoms with Crippen molar-refractivity contribution in [2.75, 3.05) is 11.6 Å². The van der Waals surface area contributed by atoms with Gasteiger partial charge in [-0.2, -0.15) is 0 Å². The first-order valence-electron chi connectivity index (χ1n) is 4.45. The maximum Gasteiger partial charge on any atom is 0.146 e. The van der Waals surface area contributed by atoms with E-state index < -0.39 is 18.0 Å². The SMILES string of the molecule is Cc1cc(N)c(F)cc1C(O)C(O)CCl. The summed E-state index contributed by atoms with van der Waals surface area (Å²) in [4.78, 5) is 0. The lowest BCUT2D eigenvalue weighted by Crippen LogP contribution is -2.20. The number of nitrogens with two attached hydrogens (primary N) is 1. The average Bonchev–Trinajstić information content (AvgIpc) is 2.21. The number of aliphatic hydroxyl groups is 2. The minimum Gasteiger partial charge on any atom is -0.396 e. The number of rotatable bonds is 3. The molecule has 0 aliphatic rings. The first kappa shape index (κ1) is 12.2. The molecule has 0 bridgehead atoms. The molecule has 2 unspecified atom stereocenters. The summed E-state index contributed by atoms with van der Waals surface area (Å²) in [5.74, 6) is -0.733. The van der Waals surface area contributed by atoms with E-state index >= 15 is 0 Å². The minimum atomic E-state index is -1.20. The zero-order valence-electron chi connectivity index (χ0n) is 8.24. The maximum atomic E-state index is 13.1. The van der Waals surface area contributed by atoms with Crippen molar-refractivity contribution in [2.45, 2.75) is 19.1 Å². The molecule has 0 saturated heterocycles. The molecule has 0 heterocycles. The summed E-state index contributed by atoms with van der Waals surface area (Å²) < 4.78 is 13.1. The quantitative estimate of drug-likeness (QED) is 0.545. The van der Waals surface area contributed by atoms with Crippen molar-refractivity contribution >= 4 is 17.3 Å². The van der Waals surface area contributed by atoms with Crippen LogP contribution in [0.4, 0.5) is 10.1 Å². The van der Waals surface area contributed by atoms with Crippen molar-refractivity contribution in [1.82, 2.24) is 0 Å². The first-order valence-corrected chi connectivity index (χ1v) is 4.98. The molecule has 84 valence electrons. The largest absolute Gasteiger partial charge is 0.396 e. The molecular formula is C10H13ClFNO2. The van der Waals surface area contributed by atoms with Gasteiger partial charge in [0, 0.05) is 0 Å². The lowest BCUT2D eigenvalue weighted by atomic mass is 9.99. The Labute approximate surface area is 92.3 Å². The van der Waals surface area contributed by atoms with Crippen LogP contribution in [0.25, 0.3) is 0 Å². The summed E-state index contributed by atoms with van der Waals surface area (Å²) in [6, 6.07) is 2.53. The average molecular weight is 234 g/mol. The molecule has 1 aromatic carbocycles. The van der Waals surface area contributed by atoms with Crippen molar-refractivity contribution in [1.29, 1.82) is 0 Å². The Balaban J connectivity index is 3.09. The number of halogens is 2. The van der Waals surface area contributed by atoms with Crippen molar-refractivity contribution < 1.29 is 14.6 Å². The lowest BCUT2D eigenvalue weighted by molar-refractivity contribution is 0.0321. The van der Waals surface area contributed by atoms with Gasteiger partial charge < -0.3 is 15.9 Å². The normalized spacial score (nSPS) is 15.0. The summed E-state index contributed by atoms with van der Waals surface area (Å²) in [6.07, 6.45) is -2.31. The second-order valence-corrected chi connectivity index (χ2v) is 3.71. The van der Waals surface area contributed by atoms with Crippen molar-refractivity contribution in [2.24, 2.45) is 0 Å². The van der Waals surface area contributed by atoms with Crippen molar-refractivity contribution in [3.63, 3.8) is 0 Å². The molecule has 0 aliphatic heterocycles. The van der Waals surface area contributed by atoms with E-state index in [1.54, 1.807) is 6.92 Å². The molecule has 4 N–H and O–H groups in total. The second-order valence-electron chi connectivity index (χ2n) is 3.40. The van der Waals surface area contributed by atoms with Crippen LogP contribution in [0, 0.1) is 12.7 Å². The summed E-state index contributed by atoms with van der Waals surface area (Å²) in [5, 5.41) is 19.0. The Hall–Kier alpha value is -0.840. The van der Waals surface area contributed by atoms with E-state index in [1.165, 1.54) is 6.07 Å². The fraction of sp³-hybridized carbons (Fsp3) is 0.400. The molecule has 5 heteroatoms. The molecule has 3 nitrogen and oxygen atoms in total. The smallest absolute Gasteiger partial charge is 0.146 e. The predicted molar refractivity (Wildman–Crippen MR) is 57.2 cm³/mol. The van der Waals surface area contributed by atoms with Crippen LogP contribution in [-0.4, -0.2) is 22.2 Å². The zero-order chi connectivity index (χ0) is 11.6. The third-order valence-corrected chi connectivity index (χ3v) is 2.54. The van der Waals surface area contributed by atoms with Gasteiger partial charge in [0.2, 0.25) is 0 Å². The molecule has 0 saturated carbocycles. The van der Waals surface area contributed by atoms with Crippen LogP contribution < -0.4 is 5.73 Å². The van der Waals surface area contributed by atoms with E-state index in [2.05, 4.69) is 0 Å². The van der Waals surface area contributed by atoms with E-state index in [-0.39, 0.29) is 11.6 Å². The lowest BCUT2D eigenvalue weighted by Gasteiger charge is -2.18. The van der Waals surface area contributed by atoms with Gasteiger partial charge in [0.05, 0.1) is 17.7 Å². The number of anilines is 1. The second kappa shape index (κ2) is 4.79. The van der Waals surface area contributed by atoms with Gasteiger partial charge in [-0.15, -0.1) is 11.6 Å². The zero-order valence-corrected chi connectivity index (χ0v) is 9.00. The number of benzene rings is 1. The van der Waals surface area contributed by atoms with Gasteiger partial charge in [-0.1, -0.05) is 0 Å². The Morgan fingerprint density at radius 1 is 1.47 bits per heavy atom. The summed E-state index contributed by atoms with van der Waals surface area (Å²) in [6.45, 7) is 1.68. The Kier molecular flexibility index (Phi) is 3.90. The van der Waals surface area contributed by atoms with E-state index in [1.807, 2.05) is 0 Å². The Morgan fingerprint density at radius 3 is 2.60 bits per heavy atom. The molecule has 15 heavy (non-hydrogen) atoms. The molecule has 0 aliphatic carbocycles. The number of hydrogen-bond acceptors (Lipinski definition) is 3. The molecule has 0 radical (unpaired) electrons. The van der Waals surface area contributed by atoms with Gasteiger partial charge in [-0.3, -0.25) is 0 Å². The third kappa shape index (κ3) is 2.59. The van der Waals surface area contributed by atoms with Gasteiger partial charge in [-0.05, 0) is 30.2 Å². The molecule has 0 amide bonds. The molecule has 0 aromatic heterocycles. The number of alkyl halides is 1. The number of hydrogen-bond donors (Lipinski definition) is 3. The van der Waals surface area contributed by atoms with Gasteiger partial charge in [0.15, 0.2) is 0 Å². The van der Waals surface area contributed by atoms with Gasteiger partial charge >= 0.3 is 0 Å². The molecule has 1 rings (SSSR count). The number of nitrogen functional groups attached to an aromatic ring is 1. The highest BCUT2D eigenvalue weighted by Gasteiger charge is 2.20. The predicted octanol–water partition coefficient (Wildman–Crippen LogP) is 1.35. The highest BCUT2D eigenvalue weighted by Crippen LogP contribution is 2.25. The van der Waals surface area contributed by atoms with Crippen LogP contribution in [-0.2, 0) is 0 Å². The summed E-state index contributed by atoms with van der Waals surface area (Å²) in [7, 11) is 0. The fourth-order valence-corrected chi connectivity index (χ4v) is 1.50. The van der Waals surface area contributed by atoms with Crippen molar-refractivity contribution in [3.05, 3.63) is 29.1 Å². The van der Waals surface area contributed by atoms with Crippen LogP contribution in [0.15, 0.2) is 12.1 Å². The van der Waals surface area contributed by atoms with Crippen LogP contribution in [0.3, 0.4) is 0 Å². The van der Waals surface area contributed by atoms with E-state index in [4.69, 9.17) is 17.3 Å². The van der Waals surface area contributed by atoms with Gasteiger partial charge in [0.25, 0.3) is 0 Å². The molecule has 2 atom stereocenters. The number of aryl methyl sites for hydroxylation is 1. The third-order valence-electron chi connectivity index (χ3n) is 2.23. The molecular weight excluding hydrogens is 221 g/mol. The van der Waals surface area contributed by atoms with Crippen LogP contribution in [0.5, 0.6) is 0 Å².